The fourth-order valence-electron chi connectivity index (χ4n) is 2.54. The van der Waals surface area contributed by atoms with Crippen LogP contribution in [0.3, 0.4) is 0 Å². The van der Waals surface area contributed by atoms with Gasteiger partial charge < -0.3 is 4.84 Å². The van der Waals surface area contributed by atoms with Gasteiger partial charge in [0.2, 0.25) is 0 Å². The van der Waals surface area contributed by atoms with E-state index in [1.165, 1.54) is 19.2 Å². The minimum atomic E-state index is -0.962. The van der Waals surface area contributed by atoms with Gasteiger partial charge in [-0.2, -0.15) is 5.10 Å². The second-order valence-electron chi connectivity index (χ2n) is 5.11. The molecule has 0 bridgehead atoms. The standard InChI is InChI=1S/C18H15F2N3O/c1-3-9-23-16-8-7-12(10-13(16)11-21-23)18(22-24-2)14-5-4-6-15(19)17(14)20/h3-8,10-11H,1,9H2,2H3. The first kappa shape index (κ1) is 15.9. The van der Waals surface area contributed by atoms with Gasteiger partial charge in [-0.25, -0.2) is 8.78 Å². The van der Waals surface area contributed by atoms with E-state index in [9.17, 15) is 8.78 Å². The van der Waals surface area contributed by atoms with Crippen LogP contribution in [0, 0.1) is 11.6 Å². The van der Waals surface area contributed by atoms with Crippen molar-refractivity contribution in [2.45, 2.75) is 6.54 Å². The Kier molecular flexibility index (Phi) is 4.37. The number of aromatic nitrogens is 2. The lowest BCUT2D eigenvalue weighted by atomic mass is 10.0. The molecule has 0 unspecified atom stereocenters. The second-order valence-corrected chi connectivity index (χ2v) is 5.11. The minimum Gasteiger partial charge on any atom is -0.399 e. The average Bonchev–Trinajstić information content (AvgIpc) is 2.98. The van der Waals surface area contributed by atoms with Crippen LogP contribution in [0.4, 0.5) is 8.78 Å². The fraction of sp³-hybridized carbons (Fsp3) is 0.111. The van der Waals surface area contributed by atoms with Crippen molar-refractivity contribution < 1.29 is 13.6 Å². The molecule has 6 heteroatoms. The monoisotopic (exact) mass is 327 g/mol. The summed E-state index contributed by atoms with van der Waals surface area (Å²) in [5, 5.41) is 9.02. The molecular weight excluding hydrogens is 312 g/mol. The molecule has 0 aliphatic heterocycles. The summed E-state index contributed by atoms with van der Waals surface area (Å²) in [4.78, 5) is 4.83. The number of allylic oxidation sites excluding steroid dienone is 1. The molecule has 0 atom stereocenters. The number of benzene rings is 2. The van der Waals surface area contributed by atoms with E-state index in [1.54, 1.807) is 23.0 Å². The van der Waals surface area contributed by atoms with Gasteiger partial charge >= 0.3 is 0 Å². The van der Waals surface area contributed by atoms with Gasteiger partial charge in [-0.05, 0) is 24.3 Å². The minimum absolute atomic E-state index is 0.0367. The number of rotatable bonds is 5. The van der Waals surface area contributed by atoms with E-state index in [-0.39, 0.29) is 11.3 Å². The van der Waals surface area contributed by atoms with Crippen LogP contribution in [0.5, 0.6) is 0 Å². The van der Waals surface area contributed by atoms with Crippen LogP contribution >= 0.6 is 0 Å². The van der Waals surface area contributed by atoms with Gasteiger partial charge in [-0.15, -0.1) is 6.58 Å². The Morgan fingerprint density at radius 1 is 1.33 bits per heavy atom. The third kappa shape index (κ3) is 2.78. The zero-order chi connectivity index (χ0) is 17.1. The molecule has 4 nitrogen and oxygen atoms in total. The quantitative estimate of drug-likeness (QED) is 0.405. The highest BCUT2D eigenvalue weighted by molar-refractivity contribution is 6.14. The van der Waals surface area contributed by atoms with Crippen molar-refractivity contribution in [3.63, 3.8) is 0 Å². The summed E-state index contributed by atoms with van der Waals surface area (Å²) in [6.07, 6.45) is 3.45. The van der Waals surface area contributed by atoms with Gasteiger partial charge in [-0.3, -0.25) is 4.68 Å². The molecule has 122 valence electrons. The molecule has 0 amide bonds. The van der Waals surface area contributed by atoms with E-state index in [0.29, 0.717) is 12.1 Å². The molecule has 0 radical (unpaired) electrons. The topological polar surface area (TPSA) is 39.4 Å². The van der Waals surface area contributed by atoms with Crippen molar-refractivity contribution in [1.29, 1.82) is 0 Å². The maximum absolute atomic E-state index is 14.1. The molecule has 3 aromatic rings. The fourth-order valence-corrected chi connectivity index (χ4v) is 2.54. The Bertz CT molecular complexity index is 931. The van der Waals surface area contributed by atoms with Gasteiger partial charge in [0, 0.05) is 16.5 Å². The van der Waals surface area contributed by atoms with Crippen molar-refractivity contribution >= 4 is 16.6 Å². The summed E-state index contributed by atoms with van der Waals surface area (Å²) < 4.78 is 29.5. The van der Waals surface area contributed by atoms with Crippen LogP contribution in [-0.4, -0.2) is 22.6 Å². The van der Waals surface area contributed by atoms with Gasteiger partial charge in [0.25, 0.3) is 0 Å². The molecule has 0 N–H and O–H groups in total. The zero-order valence-corrected chi connectivity index (χ0v) is 13.0. The molecule has 1 aromatic heterocycles. The predicted molar refractivity (Wildman–Crippen MR) is 88.9 cm³/mol. The molecule has 0 fully saturated rings. The first-order valence-electron chi connectivity index (χ1n) is 7.28. The first-order chi connectivity index (χ1) is 11.7. The van der Waals surface area contributed by atoms with E-state index >= 15 is 0 Å². The maximum Gasteiger partial charge on any atom is 0.168 e. The summed E-state index contributed by atoms with van der Waals surface area (Å²) in [6.45, 7) is 4.28. The van der Waals surface area contributed by atoms with Crippen molar-refractivity contribution in [3.8, 4) is 0 Å². The van der Waals surface area contributed by atoms with Crippen LogP contribution in [0.1, 0.15) is 11.1 Å². The highest BCUT2D eigenvalue weighted by atomic mass is 19.2. The Morgan fingerprint density at radius 2 is 2.17 bits per heavy atom. The largest absolute Gasteiger partial charge is 0.399 e. The summed E-state index contributed by atoms with van der Waals surface area (Å²) in [5.74, 6) is -1.90. The Labute approximate surface area is 137 Å². The normalized spacial score (nSPS) is 11.7. The number of hydrogen-bond donors (Lipinski definition) is 0. The predicted octanol–water partition coefficient (Wildman–Crippen LogP) is 3.90. The highest BCUT2D eigenvalue weighted by Crippen LogP contribution is 2.21. The molecule has 2 aromatic carbocycles. The Balaban J connectivity index is 2.13. The highest BCUT2D eigenvalue weighted by Gasteiger charge is 2.17. The van der Waals surface area contributed by atoms with Crippen LogP contribution in [-0.2, 0) is 11.4 Å². The lowest BCUT2D eigenvalue weighted by molar-refractivity contribution is 0.214. The Hall–Kier alpha value is -3.02. The number of fused-ring (bicyclic) bond motifs is 1. The molecule has 24 heavy (non-hydrogen) atoms. The molecule has 0 spiro atoms. The summed E-state index contributed by atoms with van der Waals surface area (Å²) in [6, 6.07) is 9.38. The van der Waals surface area contributed by atoms with E-state index in [2.05, 4.69) is 16.8 Å². The SMILES string of the molecule is C=CCn1ncc2cc(C(=NOC)c3cccc(F)c3F)ccc21. The van der Waals surface area contributed by atoms with Crippen LogP contribution in [0.25, 0.3) is 10.9 Å². The van der Waals surface area contributed by atoms with Crippen molar-refractivity contribution in [2.75, 3.05) is 7.11 Å². The maximum atomic E-state index is 14.1. The summed E-state index contributed by atoms with van der Waals surface area (Å²) >= 11 is 0. The molecule has 0 saturated heterocycles. The molecule has 1 heterocycles. The van der Waals surface area contributed by atoms with E-state index in [0.717, 1.165) is 17.0 Å². The second kappa shape index (κ2) is 6.62. The number of nitrogens with zero attached hydrogens (tertiary/aromatic N) is 3. The third-order valence-corrected chi connectivity index (χ3v) is 3.61. The Morgan fingerprint density at radius 3 is 2.92 bits per heavy atom. The number of hydrogen-bond acceptors (Lipinski definition) is 3. The molecule has 3 rings (SSSR count). The zero-order valence-electron chi connectivity index (χ0n) is 13.0. The van der Waals surface area contributed by atoms with Crippen molar-refractivity contribution in [2.24, 2.45) is 5.16 Å². The summed E-state index contributed by atoms with van der Waals surface area (Å²) in [7, 11) is 1.36. The number of oxime groups is 1. The molecule has 0 aliphatic rings. The molecular formula is C18H15F2N3O. The first-order valence-corrected chi connectivity index (χ1v) is 7.28. The smallest absolute Gasteiger partial charge is 0.168 e. The van der Waals surface area contributed by atoms with Crippen molar-refractivity contribution in [1.82, 2.24) is 9.78 Å². The average molecular weight is 327 g/mol. The van der Waals surface area contributed by atoms with E-state index in [4.69, 9.17) is 4.84 Å². The number of halogens is 2. The van der Waals surface area contributed by atoms with E-state index in [1.807, 2.05) is 12.1 Å². The molecule has 0 saturated carbocycles. The lowest BCUT2D eigenvalue weighted by Gasteiger charge is -2.08. The van der Waals surface area contributed by atoms with Gasteiger partial charge in [0.05, 0.1) is 18.3 Å². The van der Waals surface area contributed by atoms with Crippen LogP contribution in [0.2, 0.25) is 0 Å². The summed E-state index contributed by atoms with van der Waals surface area (Å²) in [5.41, 5.74) is 1.77. The van der Waals surface area contributed by atoms with Crippen LogP contribution in [0.15, 0.2) is 60.4 Å². The van der Waals surface area contributed by atoms with Gasteiger partial charge in [0.1, 0.15) is 12.8 Å². The van der Waals surface area contributed by atoms with Crippen molar-refractivity contribution in [3.05, 3.63) is 78.0 Å². The van der Waals surface area contributed by atoms with Gasteiger partial charge in [-0.1, -0.05) is 23.4 Å². The van der Waals surface area contributed by atoms with Crippen LogP contribution < -0.4 is 0 Å². The molecule has 0 aliphatic carbocycles. The van der Waals surface area contributed by atoms with E-state index < -0.39 is 11.6 Å². The third-order valence-electron chi connectivity index (χ3n) is 3.61. The lowest BCUT2D eigenvalue weighted by Crippen LogP contribution is -2.08. The van der Waals surface area contributed by atoms with Gasteiger partial charge in [0.15, 0.2) is 11.6 Å².